The first-order chi connectivity index (χ1) is 13.8. The number of nitrogens with zero attached hydrogens (tertiary/aromatic N) is 3. The van der Waals surface area contributed by atoms with E-state index in [0.717, 1.165) is 16.4 Å². The number of aryl methyl sites for hydroxylation is 1. The highest BCUT2D eigenvalue weighted by molar-refractivity contribution is 7.89. The maximum absolute atomic E-state index is 13.3. The third kappa shape index (κ3) is 4.94. The van der Waals surface area contributed by atoms with Gasteiger partial charge < -0.3 is 9.80 Å². The number of likely N-dealkylation sites (N-methyl/N-ethyl adjacent to an activating group) is 1. The van der Waals surface area contributed by atoms with Crippen LogP contribution in [0.15, 0.2) is 53.4 Å². The van der Waals surface area contributed by atoms with E-state index < -0.39 is 21.9 Å². The van der Waals surface area contributed by atoms with E-state index in [1.807, 2.05) is 6.92 Å². The van der Waals surface area contributed by atoms with Crippen LogP contribution in [0.4, 0.5) is 9.18 Å². The Labute approximate surface area is 171 Å². The molecule has 0 bridgehead atoms. The molecule has 1 saturated heterocycles. The smallest absolute Gasteiger partial charge is 0.321 e. The molecule has 2 aromatic rings. The van der Waals surface area contributed by atoms with Gasteiger partial charge in [0.2, 0.25) is 0 Å². The Bertz CT molecular complexity index is 938. The van der Waals surface area contributed by atoms with Gasteiger partial charge in [-0.2, -0.15) is 0 Å². The highest BCUT2D eigenvalue weighted by Gasteiger charge is 2.34. The average molecular weight is 420 g/mol. The van der Waals surface area contributed by atoms with Crippen molar-refractivity contribution in [2.24, 2.45) is 0 Å². The number of halogens is 1. The van der Waals surface area contributed by atoms with Crippen LogP contribution in [-0.4, -0.2) is 61.3 Å². The monoisotopic (exact) mass is 419 g/mol. The van der Waals surface area contributed by atoms with Gasteiger partial charge in [-0.3, -0.25) is 0 Å². The second-order valence-electron chi connectivity index (χ2n) is 7.16. The zero-order valence-corrected chi connectivity index (χ0v) is 17.5. The summed E-state index contributed by atoms with van der Waals surface area (Å²) in [5.74, 6) is -0.413. The number of urea groups is 1. The minimum atomic E-state index is -4.06. The summed E-state index contributed by atoms with van der Waals surface area (Å²) >= 11 is 0. The van der Waals surface area contributed by atoms with Crippen LogP contribution in [-0.2, 0) is 16.6 Å². The normalized spacial score (nSPS) is 15.3. The Morgan fingerprint density at radius 2 is 1.59 bits per heavy atom. The van der Waals surface area contributed by atoms with Crippen LogP contribution in [0.25, 0.3) is 0 Å². The Morgan fingerprint density at radius 1 is 1.00 bits per heavy atom. The first-order valence-corrected chi connectivity index (χ1v) is 11.1. The number of amides is 2. The first kappa shape index (κ1) is 21.3. The molecule has 2 amide bonds. The van der Waals surface area contributed by atoms with E-state index in [4.69, 9.17) is 0 Å². The van der Waals surface area contributed by atoms with Crippen LogP contribution in [0.5, 0.6) is 0 Å². The maximum atomic E-state index is 13.3. The van der Waals surface area contributed by atoms with Gasteiger partial charge in [-0.05, 0) is 43.3 Å². The standard InChI is InChI=1S/C21H26FN3O3S/c1-3-23-12-14-24(15-13-23)21(26)25(16-18-6-8-19(22)9-7-18)29(27,28)20-10-4-17(2)5-11-20/h4-11H,3,12-16H2,1-2H3. The predicted octanol–water partition coefficient (Wildman–Crippen LogP) is 3.08. The molecule has 6 nitrogen and oxygen atoms in total. The van der Waals surface area contributed by atoms with E-state index in [9.17, 15) is 17.6 Å². The van der Waals surface area contributed by atoms with Crippen molar-refractivity contribution in [2.45, 2.75) is 25.3 Å². The number of hydrogen-bond donors (Lipinski definition) is 0. The van der Waals surface area contributed by atoms with Crippen molar-refractivity contribution in [2.75, 3.05) is 32.7 Å². The highest BCUT2D eigenvalue weighted by Crippen LogP contribution is 2.22. The van der Waals surface area contributed by atoms with E-state index in [1.165, 1.54) is 36.4 Å². The van der Waals surface area contributed by atoms with Crippen molar-refractivity contribution in [3.63, 3.8) is 0 Å². The van der Waals surface area contributed by atoms with Gasteiger partial charge in [0.05, 0.1) is 11.4 Å². The molecule has 0 N–H and O–H groups in total. The van der Waals surface area contributed by atoms with E-state index in [0.29, 0.717) is 31.7 Å². The Morgan fingerprint density at radius 3 is 2.14 bits per heavy atom. The molecule has 1 aliphatic heterocycles. The molecule has 0 aromatic heterocycles. The molecule has 1 aliphatic rings. The molecule has 0 radical (unpaired) electrons. The predicted molar refractivity (Wildman–Crippen MR) is 109 cm³/mol. The summed E-state index contributed by atoms with van der Waals surface area (Å²) < 4.78 is 40.8. The molecular weight excluding hydrogens is 393 g/mol. The quantitative estimate of drug-likeness (QED) is 0.747. The molecule has 1 fully saturated rings. The summed E-state index contributed by atoms with van der Waals surface area (Å²) in [6.07, 6.45) is 0. The largest absolute Gasteiger partial charge is 0.334 e. The molecule has 2 aromatic carbocycles. The van der Waals surface area contributed by atoms with Crippen molar-refractivity contribution in [3.8, 4) is 0 Å². The minimum absolute atomic E-state index is 0.0609. The van der Waals surface area contributed by atoms with Gasteiger partial charge in [-0.25, -0.2) is 21.9 Å². The molecule has 8 heteroatoms. The molecule has 29 heavy (non-hydrogen) atoms. The van der Waals surface area contributed by atoms with Gasteiger partial charge in [0.25, 0.3) is 10.0 Å². The maximum Gasteiger partial charge on any atom is 0.334 e. The molecular formula is C21H26FN3O3S. The lowest BCUT2D eigenvalue weighted by Crippen LogP contribution is -2.53. The number of carbonyl (C=O) groups excluding carboxylic acids is 1. The Hall–Kier alpha value is -2.45. The molecule has 0 saturated carbocycles. The van der Waals surface area contributed by atoms with E-state index in [2.05, 4.69) is 11.8 Å². The zero-order valence-electron chi connectivity index (χ0n) is 16.7. The lowest BCUT2D eigenvalue weighted by molar-refractivity contribution is 0.129. The number of hydrogen-bond acceptors (Lipinski definition) is 4. The number of rotatable bonds is 5. The van der Waals surface area contributed by atoms with E-state index >= 15 is 0 Å². The molecule has 0 unspecified atom stereocenters. The fourth-order valence-electron chi connectivity index (χ4n) is 3.26. The Kier molecular flexibility index (Phi) is 6.54. The van der Waals surface area contributed by atoms with Crippen molar-refractivity contribution in [3.05, 3.63) is 65.5 Å². The topological polar surface area (TPSA) is 60.9 Å². The number of carbonyl (C=O) groups is 1. The van der Waals surface area contributed by atoms with Gasteiger partial charge >= 0.3 is 6.03 Å². The summed E-state index contributed by atoms with van der Waals surface area (Å²) in [4.78, 5) is 17.1. The van der Waals surface area contributed by atoms with Gasteiger partial charge in [0.15, 0.2) is 0 Å². The lowest BCUT2D eigenvalue weighted by atomic mass is 10.2. The van der Waals surface area contributed by atoms with Crippen molar-refractivity contribution >= 4 is 16.1 Å². The third-order valence-electron chi connectivity index (χ3n) is 5.15. The van der Waals surface area contributed by atoms with Crippen molar-refractivity contribution in [1.29, 1.82) is 0 Å². The highest BCUT2D eigenvalue weighted by atomic mass is 32.2. The SMILES string of the molecule is CCN1CCN(C(=O)N(Cc2ccc(F)cc2)S(=O)(=O)c2ccc(C)cc2)CC1. The number of piperazine rings is 1. The van der Waals surface area contributed by atoms with Gasteiger partial charge in [0, 0.05) is 26.2 Å². The summed E-state index contributed by atoms with van der Waals surface area (Å²) in [5.41, 5.74) is 1.47. The molecule has 1 heterocycles. The summed E-state index contributed by atoms with van der Waals surface area (Å²) in [6, 6.07) is 11.4. The second-order valence-corrected chi connectivity index (χ2v) is 9.02. The van der Waals surface area contributed by atoms with Crippen molar-refractivity contribution < 1.29 is 17.6 Å². The van der Waals surface area contributed by atoms with Gasteiger partial charge in [0.1, 0.15) is 5.82 Å². The van der Waals surface area contributed by atoms with Crippen LogP contribution in [0.1, 0.15) is 18.1 Å². The Balaban J connectivity index is 1.91. The number of benzene rings is 2. The summed E-state index contributed by atoms with van der Waals surface area (Å²) in [7, 11) is -4.06. The second kappa shape index (κ2) is 8.92. The molecule has 0 aliphatic carbocycles. The summed E-state index contributed by atoms with van der Waals surface area (Å²) in [6.45, 7) is 7.01. The van der Waals surface area contributed by atoms with Gasteiger partial charge in [-0.15, -0.1) is 0 Å². The molecule has 0 atom stereocenters. The van der Waals surface area contributed by atoms with Gasteiger partial charge in [-0.1, -0.05) is 36.8 Å². The average Bonchev–Trinajstić information content (AvgIpc) is 2.73. The minimum Gasteiger partial charge on any atom is -0.321 e. The van der Waals surface area contributed by atoms with Crippen LogP contribution in [0.3, 0.4) is 0 Å². The first-order valence-electron chi connectivity index (χ1n) is 9.66. The molecule has 0 spiro atoms. The summed E-state index contributed by atoms with van der Waals surface area (Å²) in [5, 5.41) is 0. The van der Waals surface area contributed by atoms with E-state index in [1.54, 1.807) is 17.0 Å². The van der Waals surface area contributed by atoms with Crippen LogP contribution >= 0.6 is 0 Å². The zero-order chi connectivity index (χ0) is 21.0. The van der Waals surface area contributed by atoms with E-state index in [-0.39, 0.29) is 11.4 Å². The van der Waals surface area contributed by atoms with Crippen LogP contribution in [0.2, 0.25) is 0 Å². The third-order valence-corrected chi connectivity index (χ3v) is 6.89. The fourth-order valence-corrected chi connectivity index (χ4v) is 4.64. The van der Waals surface area contributed by atoms with Crippen molar-refractivity contribution in [1.82, 2.24) is 14.1 Å². The van der Waals surface area contributed by atoms with Crippen LogP contribution < -0.4 is 0 Å². The lowest BCUT2D eigenvalue weighted by Gasteiger charge is -2.36. The number of sulfonamides is 1. The van der Waals surface area contributed by atoms with Crippen LogP contribution in [0, 0.1) is 12.7 Å². The molecule has 156 valence electrons. The fraction of sp³-hybridized carbons (Fsp3) is 0.381. The molecule has 3 rings (SSSR count).